The number of ether oxygens (including phenoxy) is 3. The number of benzene rings is 2. The number of hydrogen-bond donors (Lipinski definition) is 0. The highest BCUT2D eigenvalue weighted by atomic mass is 16.7. The molecule has 0 atom stereocenters. The zero-order valence-electron chi connectivity index (χ0n) is 15.4. The number of carbonyl (C=O) groups excluding carboxylic acids is 1. The quantitative estimate of drug-likeness (QED) is 0.658. The largest absolute Gasteiger partial charge is 0.454 e. The van der Waals surface area contributed by atoms with Crippen molar-refractivity contribution in [2.45, 2.75) is 26.4 Å². The Morgan fingerprint density at radius 2 is 1.74 bits per heavy atom. The molecule has 6 heteroatoms. The first-order chi connectivity index (χ1) is 12.9. The SMILES string of the molecule is CC(C)(C)OC(=O)n1nc(-c2ccccc2)cc1-c1ccc2c(c1)OCO2. The zero-order chi connectivity index (χ0) is 19.0. The first-order valence-electron chi connectivity index (χ1n) is 8.69. The van der Waals surface area contributed by atoms with Crippen molar-refractivity contribution in [3.63, 3.8) is 0 Å². The third-order valence-electron chi connectivity index (χ3n) is 4.01. The lowest BCUT2D eigenvalue weighted by atomic mass is 10.1. The Morgan fingerprint density at radius 1 is 1.00 bits per heavy atom. The maximum Gasteiger partial charge on any atom is 0.435 e. The number of aromatic nitrogens is 2. The van der Waals surface area contributed by atoms with Crippen LogP contribution in [0.25, 0.3) is 22.5 Å². The Hall–Kier alpha value is -3.28. The molecule has 0 spiro atoms. The van der Waals surface area contributed by atoms with Crippen LogP contribution in [0.15, 0.2) is 54.6 Å². The molecular formula is C21H20N2O4. The molecule has 2 heterocycles. The van der Waals surface area contributed by atoms with E-state index < -0.39 is 11.7 Å². The summed E-state index contributed by atoms with van der Waals surface area (Å²) in [7, 11) is 0. The molecule has 0 aliphatic carbocycles. The summed E-state index contributed by atoms with van der Waals surface area (Å²) >= 11 is 0. The van der Waals surface area contributed by atoms with E-state index in [2.05, 4.69) is 5.10 Å². The molecule has 4 rings (SSSR count). The molecular weight excluding hydrogens is 344 g/mol. The van der Waals surface area contributed by atoms with E-state index in [1.165, 1.54) is 4.68 Å². The number of rotatable bonds is 2. The summed E-state index contributed by atoms with van der Waals surface area (Å²) in [6, 6.07) is 17.1. The maximum atomic E-state index is 12.8. The molecule has 0 saturated carbocycles. The Morgan fingerprint density at radius 3 is 2.48 bits per heavy atom. The van der Waals surface area contributed by atoms with E-state index >= 15 is 0 Å². The molecule has 27 heavy (non-hydrogen) atoms. The van der Waals surface area contributed by atoms with Crippen molar-refractivity contribution in [2.75, 3.05) is 6.79 Å². The lowest BCUT2D eigenvalue weighted by Gasteiger charge is -2.19. The molecule has 1 aliphatic rings. The van der Waals surface area contributed by atoms with Crippen LogP contribution in [-0.4, -0.2) is 28.3 Å². The van der Waals surface area contributed by atoms with Crippen LogP contribution < -0.4 is 9.47 Å². The topological polar surface area (TPSA) is 62.6 Å². The second kappa shape index (κ2) is 6.46. The Labute approximate surface area is 157 Å². The van der Waals surface area contributed by atoms with E-state index in [4.69, 9.17) is 14.2 Å². The van der Waals surface area contributed by atoms with Crippen LogP contribution in [0.3, 0.4) is 0 Å². The summed E-state index contributed by atoms with van der Waals surface area (Å²) in [5.74, 6) is 1.33. The van der Waals surface area contributed by atoms with Crippen LogP contribution >= 0.6 is 0 Å². The van der Waals surface area contributed by atoms with Crippen LogP contribution in [0.1, 0.15) is 20.8 Å². The van der Waals surface area contributed by atoms with Gasteiger partial charge in [-0.3, -0.25) is 0 Å². The Bertz CT molecular complexity index is 987. The van der Waals surface area contributed by atoms with Crippen LogP contribution in [0.4, 0.5) is 4.79 Å². The normalized spacial score (nSPS) is 12.9. The molecule has 6 nitrogen and oxygen atoms in total. The molecule has 0 saturated heterocycles. The third kappa shape index (κ3) is 3.51. The van der Waals surface area contributed by atoms with Gasteiger partial charge < -0.3 is 14.2 Å². The van der Waals surface area contributed by atoms with Crippen molar-refractivity contribution in [3.8, 4) is 34.0 Å². The minimum atomic E-state index is -0.623. The molecule has 0 fully saturated rings. The standard InChI is InChI=1S/C21H20N2O4/c1-21(2,3)27-20(24)23-17(12-16(22-23)14-7-5-4-6-8-14)15-9-10-18-19(11-15)26-13-25-18/h4-12H,13H2,1-3H3. The second-order valence-corrected chi connectivity index (χ2v) is 7.24. The van der Waals surface area contributed by atoms with Gasteiger partial charge in [0, 0.05) is 11.1 Å². The van der Waals surface area contributed by atoms with Gasteiger partial charge in [0.05, 0.1) is 11.4 Å². The number of fused-ring (bicyclic) bond motifs is 1. The van der Waals surface area contributed by atoms with E-state index in [-0.39, 0.29) is 6.79 Å². The van der Waals surface area contributed by atoms with E-state index in [0.29, 0.717) is 22.9 Å². The second-order valence-electron chi connectivity index (χ2n) is 7.24. The molecule has 0 N–H and O–H groups in total. The number of carbonyl (C=O) groups is 1. The van der Waals surface area contributed by atoms with E-state index in [9.17, 15) is 4.79 Å². The van der Waals surface area contributed by atoms with Gasteiger partial charge in [0.2, 0.25) is 6.79 Å². The van der Waals surface area contributed by atoms with E-state index in [0.717, 1.165) is 11.1 Å². The van der Waals surface area contributed by atoms with Crippen LogP contribution in [0, 0.1) is 0 Å². The molecule has 0 bridgehead atoms. The first-order valence-corrected chi connectivity index (χ1v) is 8.69. The lowest BCUT2D eigenvalue weighted by molar-refractivity contribution is 0.0518. The van der Waals surface area contributed by atoms with Gasteiger partial charge in [-0.2, -0.15) is 9.78 Å². The van der Waals surface area contributed by atoms with Gasteiger partial charge >= 0.3 is 6.09 Å². The van der Waals surface area contributed by atoms with Gasteiger partial charge in [-0.1, -0.05) is 30.3 Å². The van der Waals surface area contributed by atoms with Crippen LogP contribution in [0.5, 0.6) is 11.5 Å². The summed E-state index contributed by atoms with van der Waals surface area (Å²) in [5.41, 5.74) is 2.40. The van der Waals surface area contributed by atoms with E-state index in [1.807, 2.05) is 75.4 Å². The van der Waals surface area contributed by atoms with Crippen molar-refractivity contribution in [2.24, 2.45) is 0 Å². The highest BCUT2D eigenvalue weighted by Gasteiger charge is 2.24. The van der Waals surface area contributed by atoms with Gasteiger partial charge in [-0.05, 0) is 45.0 Å². The van der Waals surface area contributed by atoms with Crippen molar-refractivity contribution in [1.82, 2.24) is 9.78 Å². The third-order valence-corrected chi connectivity index (χ3v) is 4.01. The average molecular weight is 364 g/mol. The summed E-state index contributed by atoms with van der Waals surface area (Å²) in [4.78, 5) is 12.8. The minimum absolute atomic E-state index is 0.194. The first kappa shape index (κ1) is 17.1. The lowest BCUT2D eigenvalue weighted by Crippen LogP contribution is -2.28. The fourth-order valence-electron chi connectivity index (χ4n) is 2.84. The zero-order valence-corrected chi connectivity index (χ0v) is 15.4. The monoisotopic (exact) mass is 364 g/mol. The van der Waals surface area contributed by atoms with Gasteiger partial charge in [0.1, 0.15) is 5.60 Å². The minimum Gasteiger partial charge on any atom is -0.454 e. The Balaban J connectivity index is 1.81. The van der Waals surface area contributed by atoms with Crippen LogP contribution in [0.2, 0.25) is 0 Å². The summed E-state index contributed by atoms with van der Waals surface area (Å²) in [6.45, 7) is 5.67. The molecule has 0 radical (unpaired) electrons. The fraction of sp³-hybridized carbons (Fsp3) is 0.238. The predicted octanol–water partition coefficient (Wildman–Crippen LogP) is 4.73. The molecule has 1 aliphatic heterocycles. The summed E-state index contributed by atoms with van der Waals surface area (Å²) in [5, 5.41) is 4.50. The fourth-order valence-corrected chi connectivity index (χ4v) is 2.84. The highest BCUT2D eigenvalue weighted by Crippen LogP contribution is 2.37. The van der Waals surface area contributed by atoms with Crippen LogP contribution in [-0.2, 0) is 4.74 Å². The summed E-state index contributed by atoms with van der Waals surface area (Å²) < 4.78 is 17.7. The van der Waals surface area contributed by atoms with E-state index in [1.54, 1.807) is 0 Å². The van der Waals surface area contributed by atoms with Crippen molar-refractivity contribution in [3.05, 3.63) is 54.6 Å². The van der Waals surface area contributed by atoms with Crippen molar-refractivity contribution >= 4 is 6.09 Å². The molecule has 1 aromatic heterocycles. The Kier molecular flexibility index (Phi) is 4.11. The molecule has 138 valence electrons. The van der Waals surface area contributed by atoms with Gasteiger partial charge in [0.15, 0.2) is 11.5 Å². The average Bonchev–Trinajstić information content (AvgIpc) is 3.27. The molecule has 0 amide bonds. The highest BCUT2D eigenvalue weighted by molar-refractivity contribution is 5.81. The summed E-state index contributed by atoms with van der Waals surface area (Å²) in [6.07, 6.45) is -0.530. The van der Waals surface area contributed by atoms with Crippen molar-refractivity contribution in [1.29, 1.82) is 0 Å². The van der Waals surface area contributed by atoms with Crippen molar-refractivity contribution < 1.29 is 19.0 Å². The molecule has 2 aromatic carbocycles. The molecule has 0 unspecified atom stereocenters. The number of hydrogen-bond acceptors (Lipinski definition) is 5. The van der Waals surface area contributed by atoms with Gasteiger partial charge in [-0.25, -0.2) is 4.79 Å². The number of nitrogens with zero attached hydrogens (tertiary/aromatic N) is 2. The van der Waals surface area contributed by atoms with Gasteiger partial charge in [0.25, 0.3) is 0 Å². The smallest absolute Gasteiger partial charge is 0.435 e. The van der Waals surface area contributed by atoms with Gasteiger partial charge in [-0.15, -0.1) is 0 Å². The maximum absolute atomic E-state index is 12.8. The predicted molar refractivity (Wildman–Crippen MR) is 101 cm³/mol. The molecule has 3 aromatic rings.